The number of hydrogen-bond acceptors (Lipinski definition) is 1. The summed E-state index contributed by atoms with van der Waals surface area (Å²) in [6, 6.07) is 65.7. The minimum atomic E-state index is -0.0495. The summed E-state index contributed by atoms with van der Waals surface area (Å²) in [6.45, 7) is 4.72. The molecule has 2 aliphatic rings. The Morgan fingerprint density at radius 1 is 0.421 bits per heavy atom. The van der Waals surface area contributed by atoms with Crippen LogP contribution in [0, 0.1) is 0 Å². The third-order valence-electron chi connectivity index (χ3n) is 13.2. The van der Waals surface area contributed by atoms with Gasteiger partial charge in [-0.2, -0.15) is 0 Å². The van der Waals surface area contributed by atoms with Crippen LogP contribution in [0.3, 0.4) is 0 Å². The van der Waals surface area contributed by atoms with Crippen molar-refractivity contribution in [2.75, 3.05) is 7.05 Å². The molecule has 1 unspecified atom stereocenters. The van der Waals surface area contributed by atoms with Crippen molar-refractivity contribution in [2.45, 2.75) is 25.4 Å². The number of nitrogens with zero attached hydrogens (tertiary/aromatic N) is 2. The van der Waals surface area contributed by atoms with E-state index in [1.54, 1.807) is 0 Å². The predicted molar refractivity (Wildman–Crippen MR) is 241 cm³/mol. The lowest BCUT2D eigenvalue weighted by Gasteiger charge is -2.35. The Hall–Kier alpha value is -6.90. The fourth-order valence-electron chi connectivity index (χ4n) is 10.5. The van der Waals surface area contributed by atoms with Crippen LogP contribution >= 0.6 is 0 Å². The number of hydrogen-bond donors (Lipinski definition) is 0. The second-order valence-electron chi connectivity index (χ2n) is 16.5. The second-order valence-corrected chi connectivity index (χ2v) is 16.5. The summed E-state index contributed by atoms with van der Waals surface area (Å²) in [5.74, 6) is 0. The zero-order chi connectivity index (χ0) is 38.0. The highest BCUT2D eigenvalue weighted by Crippen LogP contribution is 2.50. The van der Waals surface area contributed by atoms with Gasteiger partial charge in [0.2, 0.25) is 0 Å². The molecule has 0 N–H and O–H groups in total. The van der Waals surface area contributed by atoms with Gasteiger partial charge in [-0.25, -0.2) is 0 Å². The van der Waals surface area contributed by atoms with Crippen LogP contribution < -0.4 is 10.4 Å². The van der Waals surface area contributed by atoms with E-state index < -0.39 is 0 Å². The molecular formula is C55H40N2. The van der Waals surface area contributed by atoms with Crippen molar-refractivity contribution in [3.63, 3.8) is 0 Å². The highest BCUT2D eigenvalue weighted by atomic mass is 15.3. The molecule has 9 aromatic carbocycles. The quantitative estimate of drug-likeness (QED) is 0.164. The number of benzene rings is 9. The molecule has 12 rings (SSSR count). The number of rotatable bonds is 3. The van der Waals surface area contributed by atoms with Gasteiger partial charge in [0.15, 0.2) is 0 Å². The Kier molecular flexibility index (Phi) is 6.70. The van der Waals surface area contributed by atoms with E-state index in [9.17, 15) is 0 Å². The molecule has 0 saturated heterocycles. The van der Waals surface area contributed by atoms with E-state index >= 15 is 0 Å². The van der Waals surface area contributed by atoms with E-state index in [-0.39, 0.29) is 11.6 Å². The molecule has 1 aromatic heterocycles. The maximum atomic E-state index is 2.55. The molecule has 10 aromatic rings. The van der Waals surface area contributed by atoms with Crippen LogP contribution in [-0.4, -0.2) is 16.5 Å². The summed E-state index contributed by atoms with van der Waals surface area (Å²) in [7, 11) is 2.27. The van der Waals surface area contributed by atoms with E-state index in [1.807, 2.05) is 0 Å². The number of fused-ring (bicyclic) bond motifs is 13. The first kappa shape index (κ1) is 32.4. The Morgan fingerprint density at radius 3 is 1.75 bits per heavy atom. The molecule has 270 valence electrons. The molecule has 0 amide bonds. The first-order chi connectivity index (χ1) is 28.0. The molecular weight excluding hydrogens is 689 g/mol. The van der Waals surface area contributed by atoms with Gasteiger partial charge in [0, 0.05) is 28.5 Å². The van der Waals surface area contributed by atoms with E-state index in [0.717, 1.165) is 0 Å². The maximum absolute atomic E-state index is 2.55. The molecule has 2 heterocycles. The standard InChI is InChI=1S/C55H40N2/c1-55(2)49-22-12-10-20-44(49)45-28-24-35(32-50(45)55)34-26-29-52-48(30-34)46-21-11-13-23-51(46)57(52)53-33-36-14-4-5-15-38(36)54(56(53)3)37-25-27-43-41-18-7-6-16-39(41)40-17-8-9-19-42(40)47(43)31-37/h4-33,53H,1-3H3. The van der Waals surface area contributed by atoms with Gasteiger partial charge in [-0.15, -0.1) is 0 Å². The fourth-order valence-corrected chi connectivity index (χ4v) is 10.5. The number of aromatic nitrogens is 1. The molecule has 0 saturated carbocycles. The van der Waals surface area contributed by atoms with Gasteiger partial charge < -0.3 is 9.47 Å². The Bertz CT molecular complexity index is 3440. The SMILES string of the molecule is CN1C(c2ccc3c4ccccc4c4ccccc4c3c2)=c2ccccc2=CC1n1c2ccccc2c2cc(-c3ccc4c(c3)C(C)(C)c3ccccc3-4)ccc21. The largest absolute Gasteiger partial charge is 0.350 e. The van der Waals surface area contributed by atoms with Crippen molar-refractivity contribution in [1.82, 2.24) is 9.47 Å². The second kappa shape index (κ2) is 11.8. The molecule has 1 aliphatic carbocycles. The van der Waals surface area contributed by atoms with Crippen LogP contribution in [0.15, 0.2) is 176 Å². The maximum Gasteiger partial charge on any atom is 0.126 e. The van der Waals surface area contributed by atoms with Crippen molar-refractivity contribution in [3.8, 4) is 22.3 Å². The van der Waals surface area contributed by atoms with Gasteiger partial charge in [-0.1, -0.05) is 159 Å². The van der Waals surface area contributed by atoms with Gasteiger partial charge in [0.1, 0.15) is 6.17 Å². The normalized spacial score (nSPS) is 15.7. The molecule has 1 atom stereocenters. The summed E-state index contributed by atoms with van der Waals surface area (Å²) in [4.78, 5) is 2.49. The molecule has 2 heteroatoms. The van der Waals surface area contributed by atoms with Gasteiger partial charge in [0.25, 0.3) is 0 Å². The molecule has 2 nitrogen and oxygen atoms in total. The van der Waals surface area contributed by atoms with Gasteiger partial charge in [-0.3, -0.25) is 0 Å². The number of para-hydroxylation sites is 1. The van der Waals surface area contributed by atoms with Gasteiger partial charge >= 0.3 is 0 Å². The molecule has 0 bridgehead atoms. The summed E-state index contributed by atoms with van der Waals surface area (Å²) in [5.41, 5.74) is 12.9. The summed E-state index contributed by atoms with van der Waals surface area (Å²) in [5, 5.41) is 12.8. The lowest BCUT2D eigenvalue weighted by atomic mass is 9.81. The average molecular weight is 729 g/mol. The Balaban J connectivity index is 1.03. The molecule has 0 spiro atoms. The van der Waals surface area contributed by atoms with Crippen LogP contribution in [0.1, 0.15) is 36.7 Å². The van der Waals surface area contributed by atoms with Crippen LogP contribution in [-0.2, 0) is 5.41 Å². The summed E-state index contributed by atoms with van der Waals surface area (Å²) in [6.07, 6.45) is 2.40. The minimum Gasteiger partial charge on any atom is -0.350 e. The first-order valence-corrected chi connectivity index (χ1v) is 20.1. The molecule has 1 aliphatic heterocycles. The zero-order valence-corrected chi connectivity index (χ0v) is 32.3. The zero-order valence-electron chi connectivity index (χ0n) is 32.3. The van der Waals surface area contributed by atoms with Gasteiger partial charge in [-0.05, 0) is 113 Å². The smallest absolute Gasteiger partial charge is 0.126 e. The third-order valence-corrected chi connectivity index (χ3v) is 13.2. The van der Waals surface area contributed by atoms with Crippen molar-refractivity contribution >= 4 is 65.9 Å². The third kappa shape index (κ3) is 4.53. The predicted octanol–water partition coefficient (Wildman–Crippen LogP) is 12.3. The summed E-state index contributed by atoms with van der Waals surface area (Å²) < 4.78 is 2.55. The minimum absolute atomic E-state index is 0.0418. The van der Waals surface area contributed by atoms with Crippen LogP contribution in [0.4, 0.5) is 0 Å². The lowest BCUT2D eigenvalue weighted by molar-refractivity contribution is 0.347. The van der Waals surface area contributed by atoms with E-state index in [4.69, 9.17) is 0 Å². The Morgan fingerprint density at radius 2 is 0.965 bits per heavy atom. The molecule has 0 fully saturated rings. The topological polar surface area (TPSA) is 8.17 Å². The molecule has 57 heavy (non-hydrogen) atoms. The highest BCUT2D eigenvalue weighted by Gasteiger charge is 2.35. The molecule has 0 radical (unpaired) electrons. The van der Waals surface area contributed by atoms with E-state index in [1.165, 1.54) is 109 Å². The van der Waals surface area contributed by atoms with Crippen LogP contribution in [0.2, 0.25) is 0 Å². The van der Waals surface area contributed by atoms with Crippen molar-refractivity contribution < 1.29 is 0 Å². The van der Waals surface area contributed by atoms with Crippen LogP contribution in [0.5, 0.6) is 0 Å². The monoisotopic (exact) mass is 728 g/mol. The Labute approximate surface area is 331 Å². The lowest BCUT2D eigenvalue weighted by Crippen LogP contribution is -2.42. The van der Waals surface area contributed by atoms with Crippen molar-refractivity contribution in [1.29, 1.82) is 0 Å². The van der Waals surface area contributed by atoms with Crippen molar-refractivity contribution in [3.05, 3.63) is 203 Å². The van der Waals surface area contributed by atoms with E-state index in [2.05, 4.69) is 212 Å². The fraction of sp³-hybridized carbons (Fsp3) is 0.0909. The summed E-state index contributed by atoms with van der Waals surface area (Å²) >= 11 is 0. The van der Waals surface area contributed by atoms with Crippen molar-refractivity contribution in [2.24, 2.45) is 0 Å². The highest BCUT2D eigenvalue weighted by molar-refractivity contribution is 6.25. The van der Waals surface area contributed by atoms with E-state index in [0.29, 0.717) is 0 Å². The van der Waals surface area contributed by atoms with Gasteiger partial charge in [0.05, 0.1) is 16.7 Å². The first-order valence-electron chi connectivity index (χ1n) is 20.1. The van der Waals surface area contributed by atoms with Crippen LogP contribution in [0.25, 0.3) is 88.2 Å². The average Bonchev–Trinajstić information content (AvgIpc) is 3.71.